The second kappa shape index (κ2) is 15.6. The minimum atomic E-state index is -4.88. The lowest BCUT2D eigenvalue weighted by Crippen LogP contribution is -2.40. The Bertz CT molecular complexity index is 1770. The fourth-order valence-corrected chi connectivity index (χ4v) is 7.56. The van der Waals surface area contributed by atoms with Gasteiger partial charge >= 0.3 is 12.1 Å². The number of aliphatic hydroxyl groups is 1. The predicted molar refractivity (Wildman–Crippen MR) is 191 cm³/mol. The number of alkyl halides is 5. The van der Waals surface area contributed by atoms with Crippen molar-refractivity contribution in [3.8, 4) is 0 Å². The maximum Gasteiger partial charge on any atom is 0.416 e. The maximum atomic E-state index is 14.8. The third kappa shape index (κ3) is 8.58. The van der Waals surface area contributed by atoms with Gasteiger partial charge in [-0.15, -0.1) is 0 Å². The highest BCUT2D eigenvalue weighted by atomic mass is 35.5. The van der Waals surface area contributed by atoms with Gasteiger partial charge in [0.2, 0.25) is 11.9 Å². The van der Waals surface area contributed by atoms with Crippen molar-refractivity contribution in [1.82, 2.24) is 19.9 Å². The first-order valence-electron chi connectivity index (χ1n) is 17.7. The number of aliphatic hydroxyl groups excluding tert-OH is 1. The zero-order chi connectivity index (χ0) is 38.1. The van der Waals surface area contributed by atoms with Crippen LogP contribution in [-0.2, 0) is 23.4 Å². The van der Waals surface area contributed by atoms with E-state index in [1.807, 2.05) is 21.6 Å². The lowest BCUT2D eigenvalue weighted by atomic mass is 9.97. The van der Waals surface area contributed by atoms with Gasteiger partial charge < -0.3 is 29.8 Å². The molecule has 3 aliphatic rings. The summed E-state index contributed by atoms with van der Waals surface area (Å²) < 4.78 is 71.8. The molecule has 1 aromatic carbocycles. The topological polar surface area (TPSA) is 122 Å². The third-order valence-electron chi connectivity index (χ3n) is 10.4. The van der Waals surface area contributed by atoms with Crippen LogP contribution in [0.25, 0.3) is 0 Å². The number of benzene rings is 1. The van der Waals surface area contributed by atoms with E-state index in [9.17, 15) is 37.0 Å². The van der Waals surface area contributed by atoms with Crippen LogP contribution in [0.3, 0.4) is 0 Å². The minimum absolute atomic E-state index is 0.00679. The van der Waals surface area contributed by atoms with E-state index in [2.05, 4.69) is 21.5 Å². The van der Waals surface area contributed by atoms with Gasteiger partial charge in [0.1, 0.15) is 5.02 Å². The normalized spacial score (nSPS) is 20.6. The van der Waals surface area contributed by atoms with E-state index in [4.69, 9.17) is 16.6 Å². The molecule has 6 rings (SSSR count). The number of piperidine rings is 2. The van der Waals surface area contributed by atoms with Gasteiger partial charge in [0.15, 0.2) is 5.82 Å². The molecule has 0 aliphatic carbocycles. The molecule has 17 heteroatoms. The Labute approximate surface area is 309 Å². The summed E-state index contributed by atoms with van der Waals surface area (Å²) in [6, 6.07) is 1.84. The zero-order valence-corrected chi connectivity index (χ0v) is 29.9. The fraction of sp³-hybridized carbons (Fsp3) is 0.528. The predicted octanol–water partition coefficient (Wildman–Crippen LogP) is 6.54. The van der Waals surface area contributed by atoms with Crippen molar-refractivity contribution in [2.24, 2.45) is 5.92 Å². The van der Waals surface area contributed by atoms with E-state index in [-0.39, 0.29) is 30.2 Å². The van der Waals surface area contributed by atoms with Gasteiger partial charge in [-0.25, -0.2) is 15.0 Å². The molecule has 3 aliphatic heterocycles. The average Bonchev–Trinajstić information content (AvgIpc) is 3.58. The summed E-state index contributed by atoms with van der Waals surface area (Å²) in [6.07, 6.45) is 3.05. The highest BCUT2D eigenvalue weighted by molar-refractivity contribution is 6.32. The quantitative estimate of drug-likeness (QED) is 0.164. The lowest BCUT2D eigenvalue weighted by Gasteiger charge is -2.33. The molecule has 0 spiro atoms. The summed E-state index contributed by atoms with van der Waals surface area (Å²) in [6.45, 7) is 7.34. The SMILES string of the molecule is C=CC(F)(F)c1cc(CN(c2ncc(N3CCC(O)CC3)cn2)[C@H]2C[C@@H](CC)N(c3nc(N4CCC(C(=O)O)CC4)ncc3Cl)C2)cc(C(F)(F)F)c1. The molecule has 0 bridgehead atoms. The van der Waals surface area contributed by atoms with Gasteiger partial charge in [0, 0.05) is 50.9 Å². The van der Waals surface area contributed by atoms with Crippen molar-refractivity contribution < 1.29 is 37.0 Å². The minimum Gasteiger partial charge on any atom is -0.481 e. The number of allylic oxidation sites excluding steroid dienone is 1. The van der Waals surface area contributed by atoms with E-state index in [0.29, 0.717) is 100 Å². The zero-order valence-electron chi connectivity index (χ0n) is 29.2. The number of hydrogen-bond acceptors (Lipinski definition) is 10. The molecule has 11 nitrogen and oxygen atoms in total. The molecule has 2 N–H and O–H groups in total. The van der Waals surface area contributed by atoms with Crippen molar-refractivity contribution >= 4 is 41.0 Å². The van der Waals surface area contributed by atoms with Crippen molar-refractivity contribution in [1.29, 1.82) is 0 Å². The molecule has 53 heavy (non-hydrogen) atoms. The molecule has 0 radical (unpaired) electrons. The number of rotatable bonds is 11. The lowest BCUT2D eigenvalue weighted by molar-refractivity contribution is -0.142. The second-order valence-electron chi connectivity index (χ2n) is 13.9. The Balaban J connectivity index is 1.34. The maximum absolute atomic E-state index is 14.8. The number of nitrogens with zero attached hydrogens (tertiary/aromatic N) is 8. The molecule has 2 aromatic heterocycles. The number of hydrogen-bond donors (Lipinski definition) is 2. The molecular formula is C36H42ClF5N8O3. The van der Waals surface area contributed by atoms with Crippen molar-refractivity contribution in [3.05, 3.63) is 71.2 Å². The number of halogens is 6. The molecule has 0 unspecified atom stereocenters. The number of carboxylic acids is 1. The van der Waals surface area contributed by atoms with Gasteiger partial charge in [-0.05, 0) is 68.4 Å². The van der Waals surface area contributed by atoms with Crippen LogP contribution in [0.15, 0.2) is 49.4 Å². The molecule has 286 valence electrons. The van der Waals surface area contributed by atoms with Crippen LogP contribution >= 0.6 is 11.6 Å². The standard InChI is InChI=1S/C36H42ClF5N8O3/c1-3-26-16-27(21-49(26)31-30(37)19-45-34(46-31)48-9-5-23(6-10-48)32(52)53)50(33-43-17-28(18-44-33)47-11-7-29(51)8-12-47)20-22-13-24(35(38,39)4-2)15-25(14-22)36(40,41)42/h4,13-15,17-19,23,26-27,29,51H,2-3,5-12,16,20-21H2,1H3,(H,52,53)/t26-,27+/m1/s1. The van der Waals surface area contributed by atoms with Gasteiger partial charge in [-0.2, -0.15) is 26.9 Å². The number of aromatic nitrogens is 4. The van der Waals surface area contributed by atoms with Crippen LogP contribution in [-0.4, -0.2) is 87.0 Å². The van der Waals surface area contributed by atoms with Crippen molar-refractivity contribution in [2.45, 2.75) is 82.3 Å². The summed E-state index contributed by atoms with van der Waals surface area (Å²) in [5, 5.41) is 19.7. The van der Waals surface area contributed by atoms with Gasteiger partial charge in [-0.1, -0.05) is 25.1 Å². The van der Waals surface area contributed by atoms with Crippen LogP contribution in [0.4, 0.5) is 45.4 Å². The van der Waals surface area contributed by atoms with Gasteiger partial charge in [0.05, 0.1) is 47.9 Å². The highest BCUT2D eigenvalue weighted by Gasteiger charge is 2.40. The van der Waals surface area contributed by atoms with Gasteiger partial charge in [0.25, 0.3) is 5.92 Å². The Morgan fingerprint density at radius 3 is 2.23 bits per heavy atom. The van der Waals surface area contributed by atoms with E-state index in [0.717, 1.165) is 17.8 Å². The van der Waals surface area contributed by atoms with Crippen LogP contribution in [0, 0.1) is 5.92 Å². The van der Waals surface area contributed by atoms with Crippen LogP contribution in [0.1, 0.15) is 62.1 Å². The number of anilines is 4. The molecule has 3 fully saturated rings. The summed E-state index contributed by atoms with van der Waals surface area (Å²) in [5.74, 6) is -3.90. The number of carboxylic acid groups (broad SMARTS) is 1. The van der Waals surface area contributed by atoms with E-state index in [1.54, 1.807) is 17.3 Å². The van der Waals surface area contributed by atoms with Gasteiger partial charge in [-0.3, -0.25) is 4.79 Å². The fourth-order valence-electron chi connectivity index (χ4n) is 7.36. The Hall–Kier alpha value is -4.31. The monoisotopic (exact) mass is 764 g/mol. The molecule has 0 amide bonds. The number of carbonyl (C=O) groups is 1. The third-order valence-corrected chi connectivity index (χ3v) is 10.7. The summed E-state index contributed by atoms with van der Waals surface area (Å²) in [5.41, 5.74) is -1.32. The van der Waals surface area contributed by atoms with E-state index >= 15 is 0 Å². The van der Waals surface area contributed by atoms with E-state index < -0.39 is 41.2 Å². The largest absolute Gasteiger partial charge is 0.481 e. The second-order valence-corrected chi connectivity index (χ2v) is 14.3. The molecule has 3 saturated heterocycles. The molecule has 5 heterocycles. The first kappa shape index (κ1) is 38.4. The molecule has 0 saturated carbocycles. The molecular weight excluding hydrogens is 723 g/mol. The smallest absolute Gasteiger partial charge is 0.416 e. The average molecular weight is 765 g/mol. The first-order chi connectivity index (χ1) is 25.2. The van der Waals surface area contributed by atoms with Crippen LogP contribution < -0.4 is 19.6 Å². The summed E-state index contributed by atoms with van der Waals surface area (Å²) in [7, 11) is 0. The summed E-state index contributed by atoms with van der Waals surface area (Å²) in [4.78, 5) is 37.7. The number of aliphatic carboxylic acids is 1. The van der Waals surface area contributed by atoms with E-state index in [1.165, 1.54) is 6.20 Å². The van der Waals surface area contributed by atoms with Crippen LogP contribution in [0.2, 0.25) is 5.02 Å². The van der Waals surface area contributed by atoms with Crippen molar-refractivity contribution in [2.75, 3.05) is 52.3 Å². The van der Waals surface area contributed by atoms with Crippen LogP contribution in [0.5, 0.6) is 0 Å². The highest BCUT2D eigenvalue weighted by Crippen LogP contribution is 2.39. The Kier molecular flexibility index (Phi) is 11.3. The first-order valence-corrected chi connectivity index (χ1v) is 18.1. The molecule has 3 aromatic rings. The Morgan fingerprint density at radius 2 is 1.62 bits per heavy atom. The molecule has 2 atom stereocenters. The Morgan fingerprint density at radius 1 is 0.981 bits per heavy atom. The van der Waals surface area contributed by atoms with Crippen molar-refractivity contribution in [3.63, 3.8) is 0 Å². The summed E-state index contributed by atoms with van der Waals surface area (Å²) >= 11 is 6.70.